The monoisotopic (exact) mass is 328 g/mol. The average molecular weight is 329 g/mol. The molecule has 0 radical (unpaired) electrons. The number of nitrogens with one attached hydrogen (secondary N) is 2. The maximum Gasteiger partial charge on any atom is 0.239 e. The quantitative estimate of drug-likeness (QED) is 0.888. The molecule has 19 heavy (non-hydrogen) atoms. The summed E-state index contributed by atoms with van der Waals surface area (Å²) in [6, 6.07) is 5.01. The number of halogens is 2. The maximum atomic E-state index is 13.5. The highest BCUT2D eigenvalue weighted by molar-refractivity contribution is 9.10. The second-order valence-corrected chi connectivity index (χ2v) is 5.71. The van der Waals surface area contributed by atoms with Crippen LogP contribution in [0, 0.1) is 5.82 Å². The second-order valence-electron chi connectivity index (χ2n) is 4.85. The van der Waals surface area contributed by atoms with Crippen LogP contribution in [-0.2, 0) is 4.79 Å². The molecule has 3 nitrogen and oxygen atoms in total. The van der Waals surface area contributed by atoms with Crippen molar-refractivity contribution in [2.75, 3.05) is 11.9 Å². The molecule has 1 aromatic rings. The normalized spacial score (nSPS) is 16.1. The van der Waals surface area contributed by atoms with E-state index < -0.39 is 0 Å². The van der Waals surface area contributed by atoms with Crippen LogP contribution in [0.4, 0.5) is 10.1 Å². The third-order valence-electron chi connectivity index (χ3n) is 3.36. The number of hydrogen-bond donors (Lipinski definition) is 2. The van der Waals surface area contributed by atoms with Gasteiger partial charge >= 0.3 is 0 Å². The van der Waals surface area contributed by atoms with E-state index in [9.17, 15) is 9.18 Å². The number of para-hydroxylation sites is 1. The Morgan fingerprint density at radius 1 is 1.32 bits per heavy atom. The van der Waals surface area contributed by atoms with E-state index in [1.54, 1.807) is 12.1 Å². The van der Waals surface area contributed by atoms with Gasteiger partial charge in [-0.1, -0.05) is 25.3 Å². The molecule has 1 aliphatic rings. The van der Waals surface area contributed by atoms with Crippen LogP contribution in [0.5, 0.6) is 0 Å². The summed E-state index contributed by atoms with van der Waals surface area (Å²) in [7, 11) is 0. The first-order valence-corrected chi connectivity index (χ1v) is 7.43. The summed E-state index contributed by atoms with van der Waals surface area (Å²) in [6.45, 7) is 0.0933. The fourth-order valence-electron chi connectivity index (χ4n) is 2.36. The minimum Gasteiger partial charge on any atom is -0.373 e. The van der Waals surface area contributed by atoms with Crippen LogP contribution >= 0.6 is 15.9 Å². The van der Waals surface area contributed by atoms with E-state index in [2.05, 4.69) is 26.6 Å². The molecule has 2 N–H and O–H groups in total. The van der Waals surface area contributed by atoms with Crippen LogP contribution in [0.15, 0.2) is 22.7 Å². The van der Waals surface area contributed by atoms with Crippen molar-refractivity contribution < 1.29 is 9.18 Å². The molecule has 0 heterocycles. The molecule has 1 aromatic carbocycles. The molecule has 104 valence electrons. The lowest BCUT2D eigenvalue weighted by molar-refractivity contribution is -0.120. The highest BCUT2D eigenvalue weighted by atomic mass is 79.9. The van der Waals surface area contributed by atoms with Crippen molar-refractivity contribution in [2.45, 2.75) is 38.1 Å². The molecule has 0 atom stereocenters. The lowest BCUT2D eigenvalue weighted by atomic mass is 9.95. The molecular weight excluding hydrogens is 311 g/mol. The Balaban J connectivity index is 1.83. The van der Waals surface area contributed by atoms with E-state index in [4.69, 9.17) is 0 Å². The minimum atomic E-state index is -0.361. The van der Waals surface area contributed by atoms with Gasteiger partial charge < -0.3 is 10.6 Å². The van der Waals surface area contributed by atoms with Crippen LogP contribution < -0.4 is 10.6 Å². The van der Waals surface area contributed by atoms with Crippen molar-refractivity contribution in [3.63, 3.8) is 0 Å². The van der Waals surface area contributed by atoms with Crippen molar-refractivity contribution in [1.29, 1.82) is 0 Å². The molecule has 0 unspecified atom stereocenters. The van der Waals surface area contributed by atoms with Crippen LogP contribution in [0.1, 0.15) is 32.1 Å². The van der Waals surface area contributed by atoms with Gasteiger partial charge in [-0.15, -0.1) is 0 Å². The first kappa shape index (κ1) is 14.3. The number of carbonyl (C=O) groups is 1. The van der Waals surface area contributed by atoms with Gasteiger partial charge in [-0.25, -0.2) is 4.39 Å². The Morgan fingerprint density at radius 2 is 2.05 bits per heavy atom. The van der Waals surface area contributed by atoms with Crippen molar-refractivity contribution in [3.8, 4) is 0 Å². The fraction of sp³-hybridized carbons (Fsp3) is 0.500. The Labute approximate surface area is 121 Å². The van der Waals surface area contributed by atoms with E-state index in [1.165, 1.54) is 25.3 Å². The molecule has 0 aromatic heterocycles. The van der Waals surface area contributed by atoms with E-state index >= 15 is 0 Å². The summed E-state index contributed by atoms with van der Waals surface area (Å²) in [4.78, 5) is 11.8. The predicted molar refractivity (Wildman–Crippen MR) is 77.6 cm³/mol. The van der Waals surface area contributed by atoms with E-state index in [0.717, 1.165) is 12.8 Å². The molecule has 0 bridgehead atoms. The topological polar surface area (TPSA) is 41.1 Å². The maximum absolute atomic E-state index is 13.5. The summed E-state index contributed by atoms with van der Waals surface area (Å²) in [6.07, 6.45) is 5.71. The van der Waals surface area contributed by atoms with E-state index in [1.807, 2.05) is 0 Å². The lowest BCUT2D eigenvalue weighted by Crippen LogP contribution is -2.39. The molecule has 2 rings (SSSR count). The third-order valence-corrected chi connectivity index (χ3v) is 4.02. The summed E-state index contributed by atoms with van der Waals surface area (Å²) >= 11 is 3.26. The minimum absolute atomic E-state index is 0.0814. The Hall–Kier alpha value is -1.10. The number of amides is 1. The zero-order chi connectivity index (χ0) is 13.7. The van der Waals surface area contributed by atoms with Crippen molar-refractivity contribution in [2.24, 2.45) is 0 Å². The summed E-state index contributed by atoms with van der Waals surface area (Å²) in [5.41, 5.74) is 0.335. The highest BCUT2D eigenvalue weighted by Gasteiger charge is 2.16. The van der Waals surface area contributed by atoms with E-state index in [-0.39, 0.29) is 24.3 Å². The molecule has 5 heteroatoms. The molecular formula is C14H18BrFN2O. The van der Waals surface area contributed by atoms with Gasteiger partial charge in [-0.2, -0.15) is 0 Å². The average Bonchev–Trinajstić information content (AvgIpc) is 2.39. The number of carbonyl (C=O) groups excluding carboxylic acids is 1. The Kier molecular flexibility index (Phi) is 5.19. The predicted octanol–water partition coefficient (Wildman–Crippen LogP) is 3.45. The Bertz CT molecular complexity index is 427. The molecule has 0 aliphatic heterocycles. The van der Waals surface area contributed by atoms with Crippen molar-refractivity contribution in [1.82, 2.24) is 5.32 Å². The van der Waals surface area contributed by atoms with Crippen LogP contribution in [-0.4, -0.2) is 18.5 Å². The Morgan fingerprint density at radius 3 is 2.74 bits per heavy atom. The zero-order valence-corrected chi connectivity index (χ0v) is 12.3. The molecule has 1 saturated carbocycles. The van der Waals surface area contributed by atoms with Crippen LogP contribution in [0.3, 0.4) is 0 Å². The van der Waals surface area contributed by atoms with Gasteiger partial charge in [0.05, 0.1) is 12.2 Å². The fourth-order valence-corrected chi connectivity index (χ4v) is 2.84. The SMILES string of the molecule is O=C(CNc1c(F)cccc1Br)NC1CCCCC1. The van der Waals surface area contributed by atoms with E-state index in [0.29, 0.717) is 10.2 Å². The number of benzene rings is 1. The van der Waals surface area contributed by atoms with Crippen LogP contribution in [0.2, 0.25) is 0 Å². The van der Waals surface area contributed by atoms with Crippen molar-refractivity contribution >= 4 is 27.5 Å². The third kappa shape index (κ3) is 4.20. The van der Waals surface area contributed by atoms with Gasteiger partial charge in [0, 0.05) is 10.5 Å². The summed E-state index contributed by atoms with van der Waals surface area (Å²) in [5, 5.41) is 5.83. The number of anilines is 1. The largest absolute Gasteiger partial charge is 0.373 e. The first-order valence-electron chi connectivity index (χ1n) is 6.64. The van der Waals surface area contributed by atoms with Crippen molar-refractivity contribution in [3.05, 3.63) is 28.5 Å². The molecule has 1 amide bonds. The number of hydrogen-bond acceptors (Lipinski definition) is 2. The zero-order valence-electron chi connectivity index (χ0n) is 10.7. The lowest BCUT2D eigenvalue weighted by Gasteiger charge is -2.23. The van der Waals surface area contributed by atoms with Crippen LogP contribution in [0.25, 0.3) is 0 Å². The van der Waals surface area contributed by atoms with Gasteiger partial charge in [0.15, 0.2) is 0 Å². The molecule has 0 spiro atoms. The molecule has 1 fully saturated rings. The van der Waals surface area contributed by atoms with Gasteiger partial charge in [0.1, 0.15) is 5.82 Å². The number of rotatable bonds is 4. The second kappa shape index (κ2) is 6.89. The molecule has 1 aliphatic carbocycles. The highest BCUT2D eigenvalue weighted by Crippen LogP contribution is 2.24. The van der Waals surface area contributed by atoms with Gasteiger partial charge in [0.25, 0.3) is 0 Å². The summed E-state index contributed by atoms with van der Waals surface area (Å²) in [5.74, 6) is -0.443. The smallest absolute Gasteiger partial charge is 0.239 e. The first-order chi connectivity index (χ1) is 9.16. The van der Waals surface area contributed by atoms with Gasteiger partial charge in [-0.05, 0) is 40.9 Å². The van der Waals surface area contributed by atoms with Gasteiger partial charge in [0.2, 0.25) is 5.91 Å². The molecule has 0 saturated heterocycles. The standard InChI is InChI=1S/C14H18BrFN2O/c15-11-7-4-8-12(16)14(11)17-9-13(19)18-10-5-2-1-3-6-10/h4,7-8,10,17H,1-3,5-6,9H2,(H,18,19). The van der Waals surface area contributed by atoms with Gasteiger partial charge in [-0.3, -0.25) is 4.79 Å². The summed E-state index contributed by atoms with van der Waals surface area (Å²) < 4.78 is 14.2.